The molecule has 0 aliphatic carbocycles. The van der Waals surface area contributed by atoms with Gasteiger partial charge in [-0.25, -0.2) is 0 Å². The molecular weight excluding hydrogens is 326 g/mol. The van der Waals surface area contributed by atoms with Gasteiger partial charge in [0.2, 0.25) is 0 Å². The van der Waals surface area contributed by atoms with Gasteiger partial charge in [0.25, 0.3) is 5.91 Å². The van der Waals surface area contributed by atoms with E-state index in [1.807, 2.05) is 31.2 Å². The van der Waals surface area contributed by atoms with Crippen molar-refractivity contribution in [1.82, 2.24) is 5.32 Å². The van der Waals surface area contributed by atoms with Gasteiger partial charge in [-0.2, -0.15) is 0 Å². The first-order chi connectivity index (χ1) is 9.04. The summed E-state index contributed by atoms with van der Waals surface area (Å²) >= 11 is 9.24. The number of hydrogen-bond donors (Lipinski definition) is 1. The van der Waals surface area contributed by atoms with Crippen LogP contribution in [0.3, 0.4) is 0 Å². The summed E-state index contributed by atoms with van der Waals surface area (Å²) < 4.78 is 0.792. The number of halogens is 2. The minimum absolute atomic E-state index is 0.135. The Bertz CT molecular complexity index is 575. The van der Waals surface area contributed by atoms with Crippen LogP contribution in [0.1, 0.15) is 21.5 Å². The standard InChI is InChI=1S/C15H13BrClNO/c1-10-2-4-11(5-3-10)9-18-15(19)12-6-13(16)8-14(17)7-12/h2-8H,9H2,1H3,(H,18,19). The zero-order valence-corrected chi connectivity index (χ0v) is 12.8. The summed E-state index contributed by atoms with van der Waals surface area (Å²) in [6.45, 7) is 2.54. The van der Waals surface area contributed by atoms with Gasteiger partial charge in [0.1, 0.15) is 0 Å². The molecule has 0 radical (unpaired) electrons. The minimum Gasteiger partial charge on any atom is -0.348 e. The topological polar surface area (TPSA) is 29.1 Å². The Morgan fingerprint density at radius 3 is 2.53 bits per heavy atom. The molecule has 0 saturated carbocycles. The molecule has 0 unspecified atom stereocenters. The molecule has 1 amide bonds. The minimum atomic E-state index is -0.135. The number of aryl methyl sites for hydroxylation is 1. The highest BCUT2D eigenvalue weighted by Gasteiger charge is 2.07. The monoisotopic (exact) mass is 337 g/mol. The SMILES string of the molecule is Cc1ccc(CNC(=O)c2cc(Cl)cc(Br)c2)cc1. The molecule has 0 spiro atoms. The van der Waals surface area contributed by atoms with E-state index in [0.717, 1.165) is 10.0 Å². The van der Waals surface area contributed by atoms with E-state index in [0.29, 0.717) is 17.1 Å². The van der Waals surface area contributed by atoms with Crippen LogP contribution in [0.25, 0.3) is 0 Å². The lowest BCUT2D eigenvalue weighted by atomic mass is 10.1. The Balaban J connectivity index is 2.03. The van der Waals surface area contributed by atoms with Crippen molar-refractivity contribution in [2.75, 3.05) is 0 Å². The van der Waals surface area contributed by atoms with Crippen molar-refractivity contribution in [2.24, 2.45) is 0 Å². The van der Waals surface area contributed by atoms with Crippen LogP contribution in [0.2, 0.25) is 5.02 Å². The second kappa shape index (κ2) is 6.22. The molecule has 19 heavy (non-hydrogen) atoms. The van der Waals surface area contributed by atoms with Crippen LogP contribution >= 0.6 is 27.5 Å². The van der Waals surface area contributed by atoms with Crippen LogP contribution in [0.15, 0.2) is 46.9 Å². The molecule has 0 aliphatic rings. The Morgan fingerprint density at radius 1 is 1.21 bits per heavy atom. The Morgan fingerprint density at radius 2 is 1.89 bits per heavy atom. The molecule has 2 rings (SSSR count). The predicted molar refractivity (Wildman–Crippen MR) is 81.5 cm³/mol. The summed E-state index contributed by atoms with van der Waals surface area (Å²) in [5.74, 6) is -0.135. The van der Waals surface area contributed by atoms with Gasteiger partial charge in [0.05, 0.1) is 0 Å². The summed E-state index contributed by atoms with van der Waals surface area (Å²) in [7, 11) is 0. The summed E-state index contributed by atoms with van der Waals surface area (Å²) in [6, 6.07) is 13.2. The van der Waals surface area contributed by atoms with Gasteiger partial charge < -0.3 is 5.32 Å². The average Bonchev–Trinajstić information content (AvgIpc) is 2.36. The third-order valence-electron chi connectivity index (χ3n) is 2.70. The van der Waals surface area contributed by atoms with Crippen molar-refractivity contribution in [2.45, 2.75) is 13.5 Å². The van der Waals surface area contributed by atoms with Crippen LogP contribution in [0.5, 0.6) is 0 Å². The van der Waals surface area contributed by atoms with E-state index in [4.69, 9.17) is 11.6 Å². The zero-order chi connectivity index (χ0) is 13.8. The Labute approximate surface area is 125 Å². The van der Waals surface area contributed by atoms with E-state index in [2.05, 4.69) is 21.2 Å². The van der Waals surface area contributed by atoms with Gasteiger partial charge in [0.15, 0.2) is 0 Å². The zero-order valence-electron chi connectivity index (χ0n) is 10.4. The summed E-state index contributed by atoms with van der Waals surface area (Å²) in [5.41, 5.74) is 2.82. The van der Waals surface area contributed by atoms with E-state index in [1.54, 1.807) is 18.2 Å². The highest BCUT2D eigenvalue weighted by atomic mass is 79.9. The van der Waals surface area contributed by atoms with Crippen LogP contribution in [-0.4, -0.2) is 5.91 Å². The van der Waals surface area contributed by atoms with Crippen molar-refractivity contribution in [1.29, 1.82) is 0 Å². The molecule has 2 aromatic rings. The van der Waals surface area contributed by atoms with E-state index < -0.39 is 0 Å². The van der Waals surface area contributed by atoms with E-state index in [1.165, 1.54) is 5.56 Å². The number of carbonyl (C=O) groups excluding carboxylic acids is 1. The van der Waals surface area contributed by atoms with Crippen molar-refractivity contribution in [3.05, 3.63) is 68.7 Å². The molecule has 2 nitrogen and oxygen atoms in total. The maximum absolute atomic E-state index is 12.0. The number of benzene rings is 2. The molecular formula is C15H13BrClNO. The normalized spacial score (nSPS) is 10.3. The number of rotatable bonds is 3. The van der Waals surface area contributed by atoms with Crippen LogP contribution < -0.4 is 5.32 Å². The second-order valence-corrected chi connectivity index (χ2v) is 5.68. The van der Waals surface area contributed by atoms with E-state index in [9.17, 15) is 4.79 Å². The number of hydrogen-bond acceptors (Lipinski definition) is 1. The van der Waals surface area contributed by atoms with Crippen molar-refractivity contribution in [3.63, 3.8) is 0 Å². The molecule has 0 saturated heterocycles. The van der Waals surface area contributed by atoms with Crippen LogP contribution in [0, 0.1) is 6.92 Å². The second-order valence-electron chi connectivity index (χ2n) is 4.33. The Kier molecular flexibility index (Phi) is 4.61. The molecule has 0 fully saturated rings. The largest absolute Gasteiger partial charge is 0.348 e. The summed E-state index contributed by atoms with van der Waals surface area (Å²) in [5, 5.41) is 3.41. The van der Waals surface area contributed by atoms with Gasteiger partial charge in [0, 0.05) is 21.6 Å². The maximum Gasteiger partial charge on any atom is 0.251 e. The van der Waals surface area contributed by atoms with Gasteiger partial charge in [-0.3, -0.25) is 4.79 Å². The molecule has 0 bridgehead atoms. The molecule has 98 valence electrons. The Hall–Kier alpha value is -1.32. The number of carbonyl (C=O) groups is 1. The lowest BCUT2D eigenvalue weighted by Gasteiger charge is -2.06. The number of amides is 1. The van der Waals surface area contributed by atoms with Crippen LogP contribution in [0.4, 0.5) is 0 Å². The third kappa shape index (κ3) is 4.08. The van der Waals surface area contributed by atoms with Crippen molar-refractivity contribution in [3.8, 4) is 0 Å². The molecule has 0 heterocycles. The summed E-state index contributed by atoms with van der Waals surface area (Å²) in [4.78, 5) is 12.0. The van der Waals surface area contributed by atoms with Gasteiger partial charge in [-0.1, -0.05) is 57.4 Å². The molecule has 0 aliphatic heterocycles. The quantitative estimate of drug-likeness (QED) is 0.886. The summed E-state index contributed by atoms with van der Waals surface area (Å²) in [6.07, 6.45) is 0. The predicted octanol–water partition coefficient (Wildman–Crippen LogP) is 4.34. The van der Waals surface area contributed by atoms with Crippen LogP contribution in [-0.2, 0) is 6.54 Å². The average molecular weight is 339 g/mol. The third-order valence-corrected chi connectivity index (χ3v) is 3.37. The fraction of sp³-hybridized carbons (Fsp3) is 0.133. The van der Waals surface area contributed by atoms with E-state index >= 15 is 0 Å². The molecule has 0 aromatic heterocycles. The van der Waals surface area contributed by atoms with E-state index in [-0.39, 0.29) is 5.91 Å². The highest BCUT2D eigenvalue weighted by molar-refractivity contribution is 9.10. The lowest BCUT2D eigenvalue weighted by molar-refractivity contribution is 0.0951. The van der Waals surface area contributed by atoms with Gasteiger partial charge >= 0.3 is 0 Å². The first-order valence-corrected chi connectivity index (χ1v) is 7.01. The van der Waals surface area contributed by atoms with Crippen molar-refractivity contribution < 1.29 is 4.79 Å². The highest BCUT2D eigenvalue weighted by Crippen LogP contribution is 2.19. The number of nitrogens with one attached hydrogen (secondary N) is 1. The first kappa shape index (κ1) is 14.1. The first-order valence-electron chi connectivity index (χ1n) is 5.84. The van der Waals surface area contributed by atoms with Crippen molar-refractivity contribution >= 4 is 33.4 Å². The maximum atomic E-state index is 12.0. The fourth-order valence-electron chi connectivity index (χ4n) is 1.68. The fourth-order valence-corrected chi connectivity index (χ4v) is 2.54. The molecule has 0 atom stereocenters. The molecule has 4 heteroatoms. The van der Waals surface area contributed by atoms with Gasteiger partial charge in [-0.15, -0.1) is 0 Å². The smallest absolute Gasteiger partial charge is 0.251 e. The molecule has 1 N–H and O–H groups in total. The lowest BCUT2D eigenvalue weighted by Crippen LogP contribution is -2.22. The van der Waals surface area contributed by atoms with Gasteiger partial charge in [-0.05, 0) is 30.7 Å². The molecule has 2 aromatic carbocycles.